The number of rotatable bonds is 5. The van der Waals surface area contributed by atoms with Crippen molar-refractivity contribution in [2.24, 2.45) is 0 Å². The summed E-state index contributed by atoms with van der Waals surface area (Å²) in [4.78, 5) is 36.3. The molecule has 10 heteroatoms. The first-order chi connectivity index (χ1) is 13.3. The van der Waals surface area contributed by atoms with E-state index in [0.717, 1.165) is 6.08 Å². The van der Waals surface area contributed by atoms with Crippen LogP contribution in [-0.4, -0.2) is 60.4 Å². The summed E-state index contributed by atoms with van der Waals surface area (Å²) >= 11 is 0. The Labute approximate surface area is 160 Å². The van der Waals surface area contributed by atoms with E-state index in [1.165, 1.54) is 18.2 Å². The number of amides is 1. The predicted molar refractivity (Wildman–Crippen MR) is 95.8 cm³/mol. The summed E-state index contributed by atoms with van der Waals surface area (Å²) in [5.74, 6) is -0.483. The van der Waals surface area contributed by atoms with Crippen molar-refractivity contribution in [1.82, 2.24) is 4.90 Å². The third kappa shape index (κ3) is 4.58. The first kappa shape index (κ1) is 19.6. The number of morpholine rings is 1. The Hall–Kier alpha value is -3.14. The SMILES string of the molecule is C[C@H]1CN(C(=O)COC(=O)/C=C/c2cc3c(cc2[N+](=O)[O-])OCO3)C[C@H](C)O1. The van der Waals surface area contributed by atoms with Crippen molar-refractivity contribution in [2.75, 3.05) is 26.5 Å². The van der Waals surface area contributed by atoms with E-state index < -0.39 is 17.5 Å². The van der Waals surface area contributed by atoms with Crippen molar-refractivity contribution in [1.29, 1.82) is 0 Å². The molecule has 0 spiro atoms. The van der Waals surface area contributed by atoms with Gasteiger partial charge in [-0.15, -0.1) is 0 Å². The lowest BCUT2D eigenvalue weighted by Crippen LogP contribution is -2.49. The Morgan fingerprint density at radius 3 is 2.54 bits per heavy atom. The van der Waals surface area contributed by atoms with Gasteiger partial charge in [-0.3, -0.25) is 14.9 Å². The van der Waals surface area contributed by atoms with Crippen LogP contribution in [0.25, 0.3) is 6.08 Å². The molecule has 3 rings (SSSR count). The molecule has 2 atom stereocenters. The van der Waals surface area contributed by atoms with Gasteiger partial charge in [0.1, 0.15) is 0 Å². The van der Waals surface area contributed by atoms with Crippen LogP contribution < -0.4 is 9.47 Å². The maximum atomic E-state index is 12.2. The van der Waals surface area contributed by atoms with Crippen molar-refractivity contribution >= 4 is 23.6 Å². The molecule has 1 aromatic carbocycles. The summed E-state index contributed by atoms with van der Waals surface area (Å²) in [5, 5.41) is 11.2. The predicted octanol–water partition coefficient (Wildman–Crippen LogP) is 1.52. The topological polar surface area (TPSA) is 117 Å². The van der Waals surface area contributed by atoms with Crippen molar-refractivity contribution in [3.8, 4) is 11.5 Å². The Kier molecular flexibility index (Phi) is 5.78. The number of hydrogen-bond donors (Lipinski definition) is 0. The third-order valence-corrected chi connectivity index (χ3v) is 4.23. The fourth-order valence-corrected chi connectivity index (χ4v) is 3.05. The number of nitro groups is 1. The van der Waals surface area contributed by atoms with E-state index in [1.807, 2.05) is 13.8 Å². The van der Waals surface area contributed by atoms with Crippen LogP contribution in [0, 0.1) is 10.1 Å². The lowest BCUT2D eigenvalue weighted by atomic mass is 10.1. The summed E-state index contributed by atoms with van der Waals surface area (Å²) in [5.41, 5.74) is -0.0750. The highest BCUT2D eigenvalue weighted by Gasteiger charge is 2.26. The Morgan fingerprint density at radius 1 is 1.25 bits per heavy atom. The Morgan fingerprint density at radius 2 is 1.89 bits per heavy atom. The van der Waals surface area contributed by atoms with Gasteiger partial charge < -0.3 is 23.8 Å². The van der Waals surface area contributed by atoms with Gasteiger partial charge in [0.15, 0.2) is 18.1 Å². The fourth-order valence-electron chi connectivity index (χ4n) is 3.05. The van der Waals surface area contributed by atoms with Crippen molar-refractivity contribution in [2.45, 2.75) is 26.1 Å². The number of nitrogens with zero attached hydrogens (tertiary/aromatic N) is 2. The first-order valence-electron chi connectivity index (χ1n) is 8.69. The van der Waals surface area contributed by atoms with Gasteiger partial charge in [0.2, 0.25) is 6.79 Å². The van der Waals surface area contributed by atoms with Crippen LogP contribution in [0.4, 0.5) is 5.69 Å². The molecular formula is C18H20N2O8. The number of ether oxygens (including phenoxy) is 4. The highest BCUT2D eigenvalue weighted by molar-refractivity contribution is 5.90. The monoisotopic (exact) mass is 392 g/mol. The van der Waals surface area contributed by atoms with E-state index in [9.17, 15) is 19.7 Å². The average molecular weight is 392 g/mol. The lowest BCUT2D eigenvalue weighted by molar-refractivity contribution is -0.385. The third-order valence-electron chi connectivity index (χ3n) is 4.23. The van der Waals surface area contributed by atoms with Crippen LogP contribution in [0.2, 0.25) is 0 Å². The molecule has 10 nitrogen and oxygen atoms in total. The number of hydrogen-bond acceptors (Lipinski definition) is 8. The molecule has 2 heterocycles. The van der Waals surface area contributed by atoms with Gasteiger partial charge >= 0.3 is 5.97 Å². The molecule has 0 unspecified atom stereocenters. The van der Waals surface area contributed by atoms with E-state index in [1.54, 1.807) is 4.90 Å². The standard InChI is InChI=1S/C18H20N2O8/c1-11-7-19(8-12(2)28-11)17(21)9-25-18(22)4-3-13-5-15-16(27-10-26-15)6-14(13)20(23)24/h3-6,11-12H,7-10H2,1-2H3/b4-3+/t11-,12-/m0/s1. The van der Waals surface area contributed by atoms with E-state index >= 15 is 0 Å². The molecule has 150 valence electrons. The van der Waals surface area contributed by atoms with Gasteiger partial charge in [0.05, 0.1) is 28.8 Å². The highest BCUT2D eigenvalue weighted by Crippen LogP contribution is 2.38. The van der Waals surface area contributed by atoms with Crippen molar-refractivity contribution in [3.05, 3.63) is 33.9 Å². The zero-order chi connectivity index (χ0) is 20.3. The molecule has 0 radical (unpaired) electrons. The number of benzene rings is 1. The minimum atomic E-state index is -0.783. The molecule has 1 aromatic rings. The summed E-state index contributed by atoms with van der Waals surface area (Å²) < 4.78 is 20.8. The molecule has 1 fully saturated rings. The number of esters is 1. The second kappa shape index (κ2) is 8.26. The summed E-state index contributed by atoms with van der Waals surface area (Å²) in [6.45, 7) is 4.15. The largest absolute Gasteiger partial charge is 0.454 e. The van der Waals surface area contributed by atoms with Crippen molar-refractivity contribution in [3.63, 3.8) is 0 Å². The van der Waals surface area contributed by atoms with E-state index in [0.29, 0.717) is 18.8 Å². The smallest absolute Gasteiger partial charge is 0.331 e. The Balaban J connectivity index is 1.60. The maximum Gasteiger partial charge on any atom is 0.331 e. The van der Waals surface area contributed by atoms with Crippen LogP contribution in [0.15, 0.2) is 18.2 Å². The van der Waals surface area contributed by atoms with Gasteiger partial charge in [-0.25, -0.2) is 4.79 Å². The van der Waals surface area contributed by atoms with Gasteiger partial charge in [-0.05, 0) is 26.0 Å². The summed E-state index contributed by atoms with van der Waals surface area (Å²) in [6.07, 6.45) is 2.10. The van der Waals surface area contributed by atoms with Crippen LogP contribution in [0.1, 0.15) is 19.4 Å². The zero-order valence-electron chi connectivity index (χ0n) is 15.5. The highest BCUT2D eigenvalue weighted by atomic mass is 16.7. The second-order valence-electron chi connectivity index (χ2n) is 6.52. The van der Waals surface area contributed by atoms with Gasteiger partial charge in [-0.1, -0.05) is 0 Å². The minimum Gasteiger partial charge on any atom is -0.454 e. The molecule has 2 aliphatic rings. The lowest BCUT2D eigenvalue weighted by Gasteiger charge is -2.35. The second-order valence-corrected chi connectivity index (χ2v) is 6.52. The molecule has 0 N–H and O–H groups in total. The van der Waals surface area contributed by atoms with E-state index in [-0.39, 0.29) is 41.9 Å². The zero-order valence-corrected chi connectivity index (χ0v) is 15.5. The molecule has 1 amide bonds. The van der Waals surface area contributed by atoms with Gasteiger partial charge in [0.25, 0.3) is 11.6 Å². The van der Waals surface area contributed by atoms with Crippen LogP contribution in [0.5, 0.6) is 11.5 Å². The Bertz CT molecular complexity index is 812. The number of nitro benzene ring substituents is 1. The number of carbonyl (C=O) groups is 2. The molecule has 0 bridgehead atoms. The maximum absolute atomic E-state index is 12.2. The molecule has 0 aromatic heterocycles. The fraction of sp³-hybridized carbons (Fsp3) is 0.444. The quantitative estimate of drug-likeness (QED) is 0.320. The molecule has 2 aliphatic heterocycles. The number of fused-ring (bicyclic) bond motifs is 1. The molecule has 28 heavy (non-hydrogen) atoms. The van der Waals surface area contributed by atoms with Crippen LogP contribution in [0.3, 0.4) is 0 Å². The molecular weight excluding hydrogens is 372 g/mol. The average Bonchev–Trinajstić information content (AvgIpc) is 3.10. The van der Waals surface area contributed by atoms with Crippen LogP contribution >= 0.6 is 0 Å². The molecule has 0 saturated carbocycles. The first-order valence-corrected chi connectivity index (χ1v) is 8.69. The summed E-state index contributed by atoms with van der Waals surface area (Å²) in [6, 6.07) is 2.64. The minimum absolute atomic E-state index is 0.0252. The summed E-state index contributed by atoms with van der Waals surface area (Å²) in [7, 11) is 0. The van der Waals surface area contributed by atoms with E-state index in [2.05, 4.69) is 0 Å². The molecule has 0 aliphatic carbocycles. The van der Waals surface area contributed by atoms with E-state index in [4.69, 9.17) is 18.9 Å². The van der Waals surface area contributed by atoms with Gasteiger partial charge in [-0.2, -0.15) is 0 Å². The van der Waals surface area contributed by atoms with Crippen LogP contribution in [-0.2, 0) is 19.1 Å². The number of carbonyl (C=O) groups excluding carboxylic acids is 2. The molecule has 1 saturated heterocycles. The van der Waals surface area contributed by atoms with Crippen molar-refractivity contribution < 1.29 is 33.5 Å². The normalized spacial score (nSPS) is 21.0. The van der Waals surface area contributed by atoms with Gasteiger partial charge in [0, 0.05) is 19.2 Å².